The van der Waals surface area contributed by atoms with Crippen LogP contribution in [0.15, 0.2) is 38.4 Å². The van der Waals surface area contributed by atoms with Gasteiger partial charge in [0.15, 0.2) is 5.69 Å². The average Bonchev–Trinajstić information content (AvgIpc) is 3.30. The Hall–Kier alpha value is -2.64. The summed E-state index contributed by atoms with van der Waals surface area (Å²) in [6, 6.07) is 1.81. The van der Waals surface area contributed by atoms with E-state index in [1.54, 1.807) is 0 Å². The second kappa shape index (κ2) is 7.08. The van der Waals surface area contributed by atoms with E-state index >= 15 is 0 Å². The SMILES string of the molecule is NS(=O)(=O)N1C=C(CNc2nonc2/C(=N/O)Nc2ccsc2)CC1. The molecule has 0 fully saturated rings. The summed E-state index contributed by atoms with van der Waals surface area (Å²) < 4.78 is 28.4. The molecule has 0 unspecified atom stereocenters. The van der Waals surface area contributed by atoms with Crippen molar-refractivity contribution in [2.75, 3.05) is 23.7 Å². The molecule has 25 heavy (non-hydrogen) atoms. The Balaban J connectivity index is 1.68. The van der Waals surface area contributed by atoms with Crippen LogP contribution in [-0.2, 0) is 10.2 Å². The van der Waals surface area contributed by atoms with Gasteiger partial charge in [0.05, 0.1) is 5.69 Å². The zero-order chi connectivity index (χ0) is 17.9. The zero-order valence-corrected chi connectivity index (χ0v) is 14.4. The van der Waals surface area contributed by atoms with Gasteiger partial charge in [-0.3, -0.25) is 4.31 Å². The molecular formula is C12H15N7O4S2. The summed E-state index contributed by atoms with van der Waals surface area (Å²) in [5.74, 6) is 0.319. The minimum atomic E-state index is -3.74. The lowest BCUT2D eigenvalue weighted by atomic mass is 10.2. The molecule has 13 heteroatoms. The fourth-order valence-corrected chi connectivity index (χ4v) is 3.41. The highest BCUT2D eigenvalue weighted by molar-refractivity contribution is 7.86. The van der Waals surface area contributed by atoms with Crippen molar-refractivity contribution in [3.05, 3.63) is 34.3 Å². The van der Waals surface area contributed by atoms with Gasteiger partial charge in [0.1, 0.15) is 0 Å². The third-order valence-corrected chi connectivity index (χ3v) is 5.01. The van der Waals surface area contributed by atoms with Crippen LogP contribution in [0.1, 0.15) is 12.1 Å². The third kappa shape index (κ3) is 4.07. The molecule has 0 atom stereocenters. The molecule has 0 amide bonds. The van der Waals surface area contributed by atoms with Gasteiger partial charge in [-0.05, 0) is 33.8 Å². The summed E-state index contributed by atoms with van der Waals surface area (Å²) in [6.45, 7) is 0.604. The number of oxime groups is 1. The fourth-order valence-electron chi connectivity index (χ4n) is 2.18. The number of anilines is 2. The minimum Gasteiger partial charge on any atom is -0.409 e. The van der Waals surface area contributed by atoms with E-state index in [0.717, 1.165) is 15.6 Å². The van der Waals surface area contributed by atoms with E-state index in [9.17, 15) is 13.6 Å². The first-order chi connectivity index (χ1) is 12.0. The standard InChI is InChI=1S/C12H15N7O4S2/c13-25(21,22)19-3-1-8(6-19)5-14-11-10(17-23-18-11)12(16-20)15-9-2-4-24-7-9/h2,4,6-7,20H,1,3,5H2,(H,14,18)(H,15,16)(H2,13,21,22). The summed E-state index contributed by atoms with van der Waals surface area (Å²) in [7, 11) is -3.74. The predicted molar refractivity (Wildman–Crippen MR) is 91.6 cm³/mol. The lowest BCUT2D eigenvalue weighted by Crippen LogP contribution is -2.30. The molecule has 0 radical (unpaired) electrons. The van der Waals surface area contributed by atoms with Crippen molar-refractivity contribution in [3.8, 4) is 0 Å². The molecule has 0 saturated carbocycles. The van der Waals surface area contributed by atoms with Gasteiger partial charge in [0.25, 0.3) is 10.2 Å². The highest BCUT2D eigenvalue weighted by Gasteiger charge is 2.22. The summed E-state index contributed by atoms with van der Waals surface area (Å²) in [4.78, 5) is 0. The van der Waals surface area contributed by atoms with Crippen molar-refractivity contribution in [1.82, 2.24) is 14.6 Å². The Morgan fingerprint density at radius 3 is 3.00 bits per heavy atom. The van der Waals surface area contributed by atoms with Crippen LogP contribution in [0.2, 0.25) is 0 Å². The Bertz CT molecular complexity index is 888. The van der Waals surface area contributed by atoms with Crippen LogP contribution >= 0.6 is 11.3 Å². The molecule has 11 nitrogen and oxygen atoms in total. The van der Waals surface area contributed by atoms with Gasteiger partial charge < -0.3 is 15.8 Å². The topological polar surface area (TPSA) is 159 Å². The van der Waals surface area contributed by atoms with Crippen molar-refractivity contribution < 1.29 is 18.3 Å². The highest BCUT2D eigenvalue weighted by atomic mass is 32.2. The first kappa shape index (κ1) is 17.2. The van der Waals surface area contributed by atoms with Crippen LogP contribution in [0, 0.1) is 0 Å². The van der Waals surface area contributed by atoms with Crippen LogP contribution in [0.4, 0.5) is 11.5 Å². The molecule has 5 N–H and O–H groups in total. The number of amidine groups is 1. The molecule has 0 spiro atoms. The first-order valence-corrected chi connectivity index (χ1v) is 9.49. The van der Waals surface area contributed by atoms with E-state index in [4.69, 9.17) is 9.77 Å². The summed E-state index contributed by atoms with van der Waals surface area (Å²) in [5.41, 5.74) is 1.74. The number of hydrogen-bond donors (Lipinski definition) is 4. The smallest absolute Gasteiger partial charge is 0.298 e. The van der Waals surface area contributed by atoms with E-state index < -0.39 is 10.2 Å². The molecule has 0 saturated heterocycles. The second-order valence-corrected chi connectivity index (χ2v) is 7.37. The molecule has 2 aromatic heterocycles. The maximum atomic E-state index is 11.3. The van der Waals surface area contributed by atoms with E-state index in [0.29, 0.717) is 19.5 Å². The van der Waals surface area contributed by atoms with Crippen molar-refractivity contribution in [2.24, 2.45) is 10.3 Å². The number of aromatic nitrogens is 2. The van der Waals surface area contributed by atoms with Gasteiger partial charge >= 0.3 is 0 Å². The van der Waals surface area contributed by atoms with Crippen LogP contribution in [0.25, 0.3) is 0 Å². The van der Waals surface area contributed by atoms with Crippen LogP contribution < -0.4 is 15.8 Å². The maximum absolute atomic E-state index is 11.3. The number of thiophene rings is 1. The average molecular weight is 385 g/mol. The van der Waals surface area contributed by atoms with Gasteiger partial charge in [-0.1, -0.05) is 5.16 Å². The van der Waals surface area contributed by atoms with E-state index in [2.05, 4.69) is 26.1 Å². The third-order valence-electron chi connectivity index (χ3n) is 3.39. The number of nitrogens with two attached hydrogens (primary N) is 1. The monoisotopic (exact) mass is 385 g/mol. The molecule has 3 heterocycles. The predicted octanol–water partition coefficient (Wildman–Crippen LogP) is 0.584. The number of nitrogens with one attached hydrogen (secondary N) is 2. The van der Waals surface area contributed by atoms with Gasteiger partial charge in [-0.25, -0.2) is 9.77 Å². The molecule has 0 aliphatic carbocycles. The summed E-state index contributed by atoms with van der Waals surface area (Å²) in [6.07, 6.45) is 2.01. The maximum Gasteiger partial charge on any atom is 0.298 e. The van der Waals surface area contributed by atoms with Crippen LogP contribution in [0.3, 0.4) is 0 Å². The molecule has 3 rings (SSSR count). The summed E-state index contributed by atoms with van der Waals surface area (Å²) >= 11 is 1.48. The number of hydrogen-bond acceptors (Lipinski definition) is 9. The molecule has 0 bridgehead atoms. The number of nitrogens with zero attached hydrogens (tertiary/aromatic N) is 4. The second-order valence-electron chi connectivity index (χ2n) is 5.09. The Kier molecular flexibility index (Phi) is 4.87. The zero-order valence-electron chi connectivity index (χ0n) is 12.8. The summed E-state index contributed by atoms with van der Waals surface area (Å²) in [5, 5.41) is 34.5. The highest BCUT2D eigenvalue weighted by Crippen LogP contribution is 2.19. The van der Waals surface area contributed by atoms with E-state index in [1.165, 1.54) is 17.5 Å². The van der Waals surface area contributed by atoms with Gasteiger partial charge in [0.2, 0.25) is 11.7 Å². The molecule has 2 aromatic rings. The Morgan fingerprint density at radius 1 is 1.52 bits per heavy atom. The molecule has 1 aliphatic heterocycles. The molecule has 134 valence electrons. The Labute approximate surface area is 146 Å². The van der Waals surface area contributed by atoms with E-state index in [1.807, 2.05) is 16.8 Å². The van der Waals surface area contributed by atoms with Gasteiger partial charge in [0, 0.05) is 24.7 Å². The largest absolute Gasteiger partial charge is 0.409 e. The molecule has 0 aromatic carbocycles. The number of rotatable bonds is 6. The van der Waals surface area contributed by atoms with Crippen LogP contribution in [0.5, 0.6) is 0 Å². The normalized spacial score (nSPS) is 15.3. The van der Waals surface area contributed by atoms with Gasteiger partial charge in [-0.15, -0.1) is 0 Å². The van der Waals surface area contributed by atoms with Crippen molar-refractivity contribution >= 4 is 38.9 Å². The van der Waals surface area contributed by atoms with E-state index in [-0.39, 0.29) is 17.3 Å². The first-order valence-electron chi connectivity index (χ1n) is 7.04. The van der Waals surface area contributed by atoms with Crippen molar-refractivity contribution in [3.63, 3.8) is 0 Å². The molecular weight excluding hydrogens is 370 g/mol. The van der Waals surface area contributed by atoms with Gasteiger partial charge in [-0.2, -0.15) is 19.8 Å². The Morgan fingerprint density at radius 2 is 2.36 bits per heavy atom. The van der Waals surface area contributed by atoms with Crippen LogP contribution in [-0.4, -0.2) is 47.2 Å². The van der Waals surface area contributed by atoms with Crippen molar-refractivity contribution in [2.45, 2.75) is 6.42 Å². The van der Waals surface area contributed by atoms with Crippen molar-refractivity contribution in [1.29, 1.82) is 0 Å². The molecule has 1 aliphatic rings. The lowest BCUT2D eigenvalue weighted by molar-refractivity contribution is 0.305. The fraction of sp³-hybridized carbons (Fsp3) is 0.250. The lowest BCUT2D eigenvalue weighted by Gasteiger charge is -2.09. The quantitative estimate of drug-likeness (QED) is 0.243. The minimum absolute atomic E-state index is 0.0636.